The van der Waals surface area contributed by atoms with Gasteiger partial charge in [-0.1, -0.05) is 70.6 Å². The number of carbonyl (C=O) groups is 2. The van der Waals surface area contributed by atoms with Crippen LogP contribution in [-0.4, -0.2) is 24.5 Å². The zero-order chi connectivity index (χ0) is 23.1. The van der Waals surface area contributed by atoms with E-state index in [1.807, 2.05) is 32.1 Å². The molecule has 174 valence electrons. The number of nitrogens with one attached hydrogen (secondary N) is 3. The number of amides is 3. The van der Waals surface area contributed by atoms with Crippen molar-refractivity contribution in [3.8, 4) is 0 Å². The molecule has 3 amide bonds. The molecule has 0 heterocycles. The van der Waals surface area contributed by atoms with Gasteiger partial charge in [0.25, 0.3) is 0 Å². The second-order valence-electron chi connectivity index (χ2n) is 8.51. The predicted molar refractivity (Wildman–Crippen MR) is 131 cm³/mol. The summed E-state index contributed by atoms with van der Waals surface area (Å²) in [5.41, 5.74) is 0.782. The minimum atomic E-state index is -0.180. The highest BCUT2D eigenvalue weighted by Gasteiger charge is 2.17. The molecule has 0 spiro atoms. The van der Waals surface area contributed by atoms with Gasteiger partial charge in [-0.05, 0) is 56.9 Å². The highest BCUT2D eigenvalue weighted by molar-refractivity contribution is 5.78. The Morgan fingerprint density at radius 3 is 2.65 bits per heavy atom. The zero-order valence-electron chi connectivity index (χ0n) is 20.1. The normalized spacial score (nSPS) is 20.9. The largest absolute Gasteiger partial charge is 0.353 e. The quantitative estimate of drug-likeness (QED) is 0.352. The molecule has 0 aromatic heterocycles. The number of hydrogen-bond donors (Lipinski definition) is 3. The van der Waals surface area contributed by atoms with Crippen LogP contribution in [0.4, 0.5) is 4.79 Å². The van der Waals surface area contributed by atoms with Crippen molar-refractivity contribution in [3.05, 3.63) is 48.2 Å². The number of allylic oxidation sites excluding steroid dienone is 6. The molecule has 0 saturated heterocycles. The van der Waals surface area contributed by atoms with Crippen molar-refractivity contribution in [1.29, 1.82) is 0 Å². The summed E-state index contributed by atoms with van der Waals surface area (Å²) in [6.07, 6.45) is 19.7. The van der Waals surface area contributed by atoms with E-state index >= 15 is 0 Å². The first-order valence-electron chi connectivity index (χ1n) is 12.0. The molecule has 0 aromatic rings. The fourth-order valence-corrected chi connectivity index (χ4v) is 3.68. The smallest absolute Gasteiger partial charge is 0.319 e. The summed E-state index contributed by atoms with van der Waals surface area (Å²) in [5, 5.41) is 9.06. The third-order valence-corrected chi connectivity index (χ3v) is 5.73. The van der Waals surface area contributed by atoms with Gasteiger partial charge < -0.3 is 16.0 Å². The molecule has 2 unspecified atom stereocenters. The molecule has 4 atom stereocenters. The van der Waals surface area contributed by atoms with Gasteiger partial charge in [0.1, 0.15) is 0 Å². The van der Waals surface area contributed by atoms with Crippen LogP contribution in [0.15, 0.2) is 48.2 Å². The molecular weight excluding hydrogens is 386 g/mol. The molecule has 5 heteroatoms. The standard InChI is InChI=1S/C26H43N3O2/c1-6-13-22(8-3)25(30)28-21(5)16-12-18-24(14-7-2)29-26(31)27-19-23-17-11-9-10-15-20(23)4/h9-12,14-15,18,20-23H,6-8,13,16-17,19H2,1-5H3,(H,28,30)(H2,27,29,31)/b18-12-,24-14+/t20?,21-,22?,23+/m0/s1. The van der Waals surface area contributed by atoms with Crippen LogP contribution < -0.4 is 16.0 Å². The first-order chi connectivity index (χ1) is 14.9. The molecule has 0 aliphatic heterocycles. The zero-order valence-corrected chi connectivity index (χ0v) is 20.1. The highest BCUT2D eigenvalue weighted by atomic mass is 16.2. The van der Waals surface area contributed by atoms with E-state index in [-0.39, 0.29) is 23.9 Å². The van der Waals surface area contributed by atoms with E-state index in [4.69, 9.17) is 0 Å². The fraction of sp³-hybridized carbons (Fsp3) is 0.615. The Hall–Kier alpha value is -2.30. The minimum absolute atomic E-state index is 0.0594. The minimum Gasteiger partial charge on any atom is -0.353 e. The lowest BCUT2D eigenvalue weighted by atomic mass is 9.92. The van der Waals surface area contributed by atoms with Gasteiger partial charge in [0.15, 0.2) is 0 Å². The SMILES string of the molecule is CC/C=C(\C=C/C[C@H](C)NC(=O)C(CC)CCC)NC(=O)NC[C@H]1CC=CC=CC1C. The van der Waals surface area contributed by atoms with Crippen LogP contribution in [-0.2, 0) is 4.79 Å². The van der Waals surface area contributed by atoms with Gasteiger partial charge in [0.2, 0.25) is 5.91 Å². The van der Waals surface area contributed by atoms with Crippen molar-refractivity contribution in [2.45, 2.75) is 79.2 Å². The van der Waals surface area contributed by atoms with E-state index < -0.39 is 0 Å². The first kappa shape index (κ1) is 26.7. The van der Waals surface area contributed by atoms with Crippen LogP contribution in [0.5, 0.6) is 0 Å². The Balaban J connectivity index is 2.48. The third kappa shape index (κ3) is 11.0. The van der Waals surface area contributed by atoms with Crippen molar-refractivity contribution in [3.63, 3.8) is 0 Å². The van der Waals surface area contributed by atoms with E-state index in [0.717, 1.165) is 44.2 Å². The molecule has 0 fully saturated rings. The summed E-state index contributed by atoms with van der Waals surface area (Å²) in [6.45, 7) is 11.1. The molecule has 5 nitrogen and oxygen atoms in total. The summed E-state index contributed by atoms with van der Waals surface area (Å²) in [6, 6.07) is -0.121. The number of urea groups is 1. The lowest BCUT2D eigenvalue weighted by molar-refractivity contribution is -0.125. The third-order valence-electron chi connectivity index (χ3n) is 5.73. The molecule has 0 bridgehead atoms. The van der Waals surface area contributed by atoms with Gasteiger partial charge in [0.05, 0.1) is 0 Å². The monoisotopic (exact) mass is 429 g/mol. The summed E-state index contributed by atoms with van der Waals surface area (Å²) >= 11 is 0. The molecule has 1 rings (SSSR count). The summed E-state index contributed by atoms with van der Waals surface area (Å²) < 4.78 is 0. The Morgan fingerprint density at radius 2 is 1.97 bits per heavy atom. The summed E-state index contributed by atoms with van der Waals surface area (Å²) in [7, 11) is 0. The Kier molecular flexibility index (Phi) is 13.4. The maximum Gasteiger partial charge on any atom is 0.319 e. The van der Waals surface area contributed by atoms with Crippen LogP contribution in [0.1, 0.15) is 73.1 Å². The predicted octanol–water partition coefficient (Wildman–Crippen LogP) is 5.63. The molecule has 1 aliphatic carbocycles. The first-order valence-corrected chi connectivity index (χ1v) is 12.0. The van der Waals surface area contributed by atoms with Gasteiger partial charge >= 0.3 is 6.03 Å². The van der Waals surface area contributed by atoms with Crippen molar-refractivity contribution < 1.29 is 9.59 Å². The summed E-state index contributed by atoms with van der Waals surface area (Å²) in [4.78, 5) is 24.7. The van der Waals surface area contributed by atoms with Crippen LogP contribution in [0, 0.1) is 17.8 Å². The average Bonchev–Trinajstić information content (AvgIpc) is 2.94. The second-order valence-corrected chi connectivity index (χ2v) is 8.51. The van der Waals surface area contributed by atoms with Gasteiger partial charge in [0, 0.05) is 24.2 Å². The second kappa shape index (κ2) is 15.5. The molecule has 0 aromatic carbocycles. The van der Waals surface area contributed by atoms with Crippen molar-refractivity contribution in [2.75, 3.05) is 6.54 Å². The van der Waals surface area contributed by atoms with E-state index in [9.17, 15) is 9.59 Å². The number of hydrogen-bond acceptors (Lipinski definition) is 2. The summed E-state index contributed by atoms with van der Waals surface area (Å²) in [5.74, 6) is 1.07. The van der Waals surface area contributed by atoms with Crippen molar-refractivity contribution in [2.24, 2.45) is 17.8 Å². The van der Waals surface area contributed by atoms with Crippen LogP contribution in [0.2, 0.25) is 0 Å². The van der Waals surface area contributed by atoms with Crippen LogP contribution in [0.3, 0.4) is 0 Å². The van der Waals surface area contributed by atoms with Crippen molar-refractivity contribution in [1.82, 2.24) is 16.0 Å². The van der Waals surface area contributed by atoms with Crippen LogP contribution >= 0.6 is 0 Å². The van der Waals surface area contributed by atoms with Gasteiger partial charge in [-0.15, -0.1) is 0 Å². The number of rotatable bonds is 12. The van der Waals surface area contributed by atoms with Gasteiger partial charge in [-0.3, -0.25) is 4.79 Å². The Bertz CT molecular complexity index is 664. The average molecular weight is 430 g/mol. The number of carbonyl (C=O) groups excluding carboxylic acids is 2. The maximum absolute atomic E-state index is 12.4. The van der Waals surface area contributed by atoms with Crippen LogP contribution in [0.25, 0.3) is 0 Å². The lowest BCUT2D eigenvalue weighted by Crippen LogP contribution is -2.38. The molecule has 3 N–H and O–H groups in total. The van der Waals surface area contributed by atoms with E-state index in [0.29, 0.717) is 18.4 Å². The fourth-order valence-electron chi connectivity index (χ4n) is 3.68. The Labute approximate surface area is 189 Å². The lowest BCUT2D eigenvalue weighted by Gasteiger charge is -2.20. The van der Waals surface area contributed by atoms with E-state index in [2.05, 4.69) is 61.0 Å². The molecule has 0 radical (unpaired) electrons. The van der Waals surface area contributed by atoms with E-state index in [1.165, 1.54) is 0 Å². The molecule has 31 heavy (non-hydrogen) atoms. The van der Waals surface area contributed by atoms with Gasteiger partial charge in [-0.25, -0.2) is 4.79 Å². The van der Waals surface area contributed by atoms with Crippen molar-refractivity contribution >= 4 is 11.9 Å². The molecular formula is C26H43N3O2. The topological polar surface area (TPSA) is 70.2 Å². The molecule has 1 aliphatic rings. The van der Waals surface area contributed by atoms with Gasteiger partial charge in [-0.2, -0.15) is 0 Å². The molecule has 0 saturated carbocycles. The Morgan fingerprint density at radius 1 is 1.19 bits per heavy atom. The maximum atomic E-state index is 12.4. The highest BCUT2D eigenvalue weighted by Crippen LogP contribution is 2.19. The van der Waals surface area contributed by atoms with E-state index in [1.54, 1.807) is 0 Å².